The van der Waals surface area contributed by atoms with Crippen LogP contribution in [0.3, 0.4) is 0 Å². The Labute approximate surface area is 290 Å². The summed E-state index contributed by atoms with van der Waals surface area (Å²) in [4.78, 5) is 0. The number of hydrogen-bond acceptors (Lipinski definition) is 2. The Morgan fingerprint density at radius 3 is 1.51 bits per heavy atom. The fourth-order valence-corrected chi connectivity index (χ4v) is 5.95. The van der Waals surface area contributed by atoms with Gasteiger partial charge in [-0.2, -0.15) is 0 Å². The van der Waals surface area contributed by atoms with Crippen molar-refractivity contribution in [2.45, 2.75) is 39.5 Å². The van der Waals surface area contributed by atoms with Crippen LogP contribution in [-0.2, 0) is 0 Å². The Bertz CT molecular complexity index is 1770. The second kappa shape index (κ2) is 17.1. The number of rotatable bonds is 14. The molecule has 1 unspecified atom stereocenters. The Morgan fingerprint density at radius 2 is 1.06 bits per heavy atom. The van der Waals surface area contributed by atoms with E-state index in [1.54, 1.807) is 7.11 Å². The highest BCUT2D eigenvalue weighted by molar-refractivity contribution is 6.31. The Balaban J connectivity index is 1.69. The SMILES string of the molecule is CCCCC(CC)COc1cc(C=C(c2ccccc2)c2ccc(Cl)cc2)c(OC)cc1C=C(c1ccccc1)c1ccc(Cl)cc1. The van der Waals surface area contributed by atoms with E-state index in [0.29, 0.717) is 22.6 Å². The van der Waals surface area contributed by atoms with E-state index in [4.69, 9.17) is 32.7 Å². The van der Waals surface area contributed by atoms with Gasteiger partial charge in [0.1, 0.15) is 11.5 Å². The minimum atomic E-state index is 0.478. The lowest BCUT2D eigenvalue weighted by atomic mass is 9.93. The molecule has 0 aliphatic carbocycles. The summed E-state index contributed by atoms with van der Waals surface area (Å²) < 4.78 is 12.8. The second-order valence-corrected chi connectivity index (χ2v) is 12.6. The van der Waals surface area contributed by atoms with Gasteiger partial charge < -0.3 is 9.47 Å². The molecule has 0 saturated carbocycles. The van der Waals surface area contributed by atoms with Crippen molar-refractivity contribution >= 4 is 46.5 Å². The number of halogens is 2. The largest absolute Gasteiger partial charge is 0.496 e. The van der Waals surface area contributed by atoms with Crippen molar-refractivity contribution < 1.29 is 9.47 Å². The van der Waals surface area contributed by atoms with Crippen molar-refractivity contribution in [3.8, 4) is 11.5 Å². The molecule has 0 aromatic heterocycles. The molecule has 5 aromatic carbocycles. The first-order valence-corrected chi connectivity index (χ1v) is 17.2. The predicted octanol–water partition coefficient (Wildman–Crippen LogP) is 12.8. The van der Waals surface area contributed by atoms with E-state index >= 15 is 0 Å². The van der Waals surface area contributed by atoms with Gasteiger partial charge >= 0.3 is 0 Å². The smallest absolute Gasteiger partial charge is 0.127 e. The van der Waals surface area contributed by atoms with E-state index in [1.165, 1.54) is 12.8 Å². The Morgan fingerprint density at radius 1 is 0.617 bits per heavy atom. The lowest BCUT2D eigenvalue weighted by Gasteiger charge is -2.20. The van der Waals surface area contributed by atoms with Crippen LogP contribution in [-0.4, -0.2) is 13.7 Å². The Kier molecular flexibility index (Phi) is 12.4. The van der Waals surface area contributed by atoms with Crippen LogP contribution in [0, 0.1) is 5.92 Å². The van der Waals surface area contributed by atoms with Gasteiger partial charge in [0.25, 0.3) is 0 Å². The van der Waals surface area contributed by atoms with E-state index in [0.717, 1.165) is 68.9 Å². The van der Waals surface area contributed by atoms with E-state index in [1.807, 2.05) is 36.4 Å². The summed E-state index contributed by atoms with van der Waals surface area (Å²) in [6.07, 6.45) is 8.98. The molecule has 0 bridgehead atoms. The summed E-state index contributed by atoms with van der Waals surface area (Å²) in [5.41, 5.74) is 8.35. The van der Waals surface area contributed by atoms with E-state index in [2.05, 4.69) is 111 Å². The van der Waals surface area contributed by atoms with Gasteiger partial charge in [0.2, 0.25) is 0 Å². The van der Waals surface area contributed by atoms with Gasteiger partial charge in [-0.15, -0.1) is 0 Å². The third-order valence-corrected chi connectivity index (χ3v) is 8.96. The van der Waals surface area contributed by atoms with Crippen molar-refractivity contribution in [3.63, 3.8) is 0 Å². The summed E-state index contributed by atoms with van der Waals surface area (Å²) in [7, 11) is 1.72. The summed E-state index contributed by atoms with van der Waals surface area (Å²) in [6, 6.07) is 41.0. The van der Waals surface area contributed by atoms with Crippen LogP contribution >= 0.6 is 23.2 Å². The number of hydrogen-bond donors (Lipinski definition) is 0. The topological polar surface area (TPSA) is 18.5 Å². The van der Waals surface area contributed by atoms with Crippen LogP contribution in [0.4, 0.5) is 0 Å². The van der Waals surface area contributed by atoms with Gasteiger partial charge in [-0.05, 0) is 94.3 Å². The first kappa shape index (κ1) is 34.1. The van der Waals surface area contributed by atoms with E-state index in [-0.39, 0.29) is 0 Å². The van der Waals surface area contributed by atoms with E-state index in [9.17, 15) is 0 Å². The lowest BCUT2D eigenvalue weighted by Crippen LogP contribution is -2.12. The molecule has 0 aliphatic rings. The number of ether oxygens (including phenoxy) is 2. The second-order valence-electron chi connectivity index (χ2n) is 11.7. The molecule has 47 heavy (non-hydrogen) atoms. The molecule has 5 rings (SSSR count). The number of benzene rings is 5. The van der Waals surface area contributed by atoms with Crippen LogP contribution in [0.15, 0.2) is 121 Å². The standard InChI is InChI=1S/C43H42Cl2O2/c1-4-6-13-31(5-2)30-47-43-29-36(26-40(32-14-9-7-10-15-32)34-18-22-38(44)23-19-34)42(46-3)28-37(43)27-41(33-16-11-8-12-17-33)35-20-24-39(45)25-21-35/h7-12,14-29,31H,4-6,13,30H2,1-3H3. The highest BCUT2D eigenvalue weighted by atomic mass is 35.5. The van der Waals surface area contributed by atoms with Crippen LogP contribution < -0.4 is 9.47 Å². The molecule has 240 valence electrons. The van der Waals surface area contributed by atoms with Gasteiger partial charge in [0.05, 0.1) is 13.7 Å². The predicted molar refractivity (Wildman–Crippen MR) is 202 cm³/mol. The zero-order valence-corrected chi connectivity index (χ0v) is 28.9. The molecule has 0 saturated heterocycles. The van der Waals surface area contributed by atoms with Gasteiger partial charge in [-0.1, -0.05) is 141 Å². The third-order valence-electron chi connectivity index (χ3n) is 8.46. The normalized spacial score (nSPS) is 12.5. The van der Waals surface area contributed by atoms with Crippen LogP contribution in [0.25, 0.3) is 23.3 Å². The summed E-state index contributed by atoms with van der Waals surface area (Å²) >= 11 is 12.6. The quantitative estimate of drug-likeness (QED) is 0.110. The molecule has 1 atom stereocenters. The maximum absolute atomic E-state index is 6.76. The zero-order chi connectivity index (χ0) is 33.0. The molecule has 0 radical (unpaired) electrons. The Hall–Kier alpha value is -4.24. The highest BCUT2D eigenvalue weighted by Crippen LogP contribution is 2.38. The molecular weight excluding hydrogens is 619 g/mol. The third kappa shape index (κ3) is 9.19. The molecule has 4 heteroatoms. The minimum Gasteiger partial charge on any atom is -0.496 e. The number of unbranched alkanes of at least 4 members (excludes halogenated alkanes) is 1. The van der Waals surface area contributed by atoms with Gasteiger partial charge in [0, 0.05) is 21.2 Å². The van der Waals surface area contributed by atoms with Gasteiger partial charge in [-0.3, -0.25) is 0 Å². The van der Waals surface area contributed by atoms with Crippen LogP contribution in [0.1, 0.15) is 72.9 Å². The molecular formula is C43H42Cl2O2. The zero-order valence-electron chi connectivity index (χ0n) is 27.4. The molecule has 0 N–H and O–H groups in total. The van der Waals surface area contributed by atoms with Crippen LogP contribution in [0.2, 0.25) is 10.0 Å². The monoisotopic (exact) mass is 660 g/mol. The van der Waals surface area contributed by atoms with Crippen LogP contribution in [0.5, 0.6) is 11.5 Å². The first-order valence-electron chi connectivity index (χ1n) is 16.4. The molecule has 0 heterocycles. The van der Waals surface area contributed by atoms with Gasteiger partial charge in [0.15, 0.2) is 0 Å². The minimum absolute atomic E-state index is 0.478. The van der Waals surface area contributed by atoms with Crippen molar-refractivity contribution in [1.82, 2.24) is 0 Å². The first-order chi connectivity index (χ1) is 23.0. The molecule has 5 aromatic rings. The van der Waals surface area contributed by atoms with Crippen molar-refractivity contribution in [1.29, 1.82) is 0 Å². The maximum atomic E-state index is 6.76. The highest BCUT2D eigenvalue weighted by Gasteiger charge is 2.16. The van der Waals surface area contributed by atoms with E-state index < -0.39 is 0 Å². The van der Waals surface area contributed by atoms with Crippen molar-refractivity contribution in [2.75, 3.05) is 13.7 Å². The lowest BCUT2D eigenvalue weighted by molar-refractivity contribution is 0.232. The fourth-order valence-electron chi connectivity index (χ4n) is 5.70. The molecule has 0 fully saturated rings. The summed E-state index contributed by atoms with van der Waals surface area (Å²) in [6.45, 7) is 5.14. The molecule has 0 amide bonds. The van der Waals surface area contributed by atoms with Gasteiger partial charge in [-0.25, -0.2) is 0 Å². The molecule has 0 aliphatic heterocycles. The average molecular weight is 662 g/mol. The maximum Gasteiger partial charge on any atom is 0.127 e. The molecule has 0 spiro atoms. The molecule has 2 nitrogen and oxygen atoms in total. The average Bonchev–Trinajstić information content (AvgIpc) is 3.11. The summed E-state index contributed by atoms with van der Waals surface area (Å²) in [5.74, 6) is 2.05. The number of methoxy groups -OCH3 is 1. The summed E-state index contributed by atoms with van der Waals surface area (Å²) in [5, 5.41) is 1.41. The van der Waals surface area contributed by atoms with Crippen molar-refractivity contribution in [3.05, 3.63) is 165 Å². The fraction of sp³-hybridized carbons (Fsp3) is 0.209. The van der Waals surface area contributed by atoms with Crippen molar-refractivity contribution in [2.24, 2.45) is 5.92 Å².